The molecule has 0 heterocycles. The van der Waals surface area contributed by atoms with E-state index in [9.17, 15) is 0 Å². The number of hydrogen-bond donors (Lipinski definition) is 0. The highest BCUT2D eigenvalue weighted by atomic mass is 28.2. The van der Waals surface area contributed by atoms with Gasteiger partial charge in [-0.15, -0.1) is 0 Å². The Hall–Kier alpha value is -0.603. The molecule has 0 aromatic heterocycles. The molecule has 0 aliphatic carbocycles. The molecule has 0 spiro atoms. The molecule has 2 heteroatoms. The summed E-state index contributed by atoms with van der Waals surface area (Å²) in [5, 5.41) is 0. The van der Waals surface area contributed by atoms with Crippen LogP contribution in [0.1, 0.15) is 71.3 Å². The Morgan fingerprint density at radius 2 is 1.56 bits per heavy atom. The van der Waals surface area contributed by atoms with Gasteiger partial charge in [0, 0.05) is 0 Å². The molecule has 0 saturated heterocycles. The maximum atomic E-state index is 5.35. The van der Waals surface area contributed by atoms with Crippen molar-refractivity contribution in [2.75, 3.05) is 0 Å². The lowest BCUT2D eigenvalue weighted by Gasteiger charge is -2.33. The van der Waals surface area contributed by atoms with Crippen molar-refractivity contribution < 1.29 is 4.43 Å². The minimum absolute atomic E-state index is 0.0539. The van der Waals surface area contributed by atoms with Crippen molar-refractivity contribution in [2.45, 2.75) is 65.4 Å². The lowest BCUT2D eigenvalue weighted by molar-refractivity contribution is 0.246. The zero-order chi connectivity index (χ0) is 14.1. The van der Waals surface area contributed by atoms with E-state index in [4.69, 9.17) is 4.43 Å². The van der Waals surface area contributed by atoms with Gasteiger partial charge in [0.05, 0.1) is 6.10 Å². The smallest absolute Gasteiger partial charge is 0.247 e. The first-order chi connectivity index (χ1) is 8.09. The summed E-state index contributed by atoms with van der Waals surface area (Å²) in [7, 11) is 3.18. The van der Waals surface area contributed by atoms with Crippen molar-refractivity contribution in [1.29, 1.82) is 0 Å². The summed E-state index contributed by atoms with van der Waals surface area (Å²) in [6.45, 7) is 15.7. The molecule has 1 aromatic carbocycles. The Bertz CT molecular complexity index is 410. The summed E-state index contributed by atoms with van der Waals surface area (Å²) in [5.41, 5.74) is 4.33. The van der Waals surface area contributed by atoms with Gasteiger partial charge in [-0.1, -0.05) is 59.7 Å². The molecule has 3 radical (unpaired) electrons. The van der Waals surface area contributed by atoms with Crippen LogP contribution in [0.2, 0.25) is 0 Å². The van der Waals surface area contributed by atoms with Gasteiger partial charge in [-0.3, -0.25) is 0 Å². The Balaban J connectivity index is 3.56. The Labute approximate surface area is 115 Å². The molecule has 0 fully saturated rings. The second-order valence-corrected chi connectivity index (χ2v) is 7.27. The zero-order valence-corrected chi connectivity index (χ0v) is 13.7. The molecule has 18 heavy (non-hydrogen) atoms. The van der Waals surface area contributed by atoms with Crippen molar-refractivity contribution in [1.82, 2.24) is 0 Å². The molecule has 1 unspecified atom stereocenters. The number of hydrogen-bond acceptors (Lipinski definition) is 1. The Kier molecular flexibility index (Phi) is 4.45. The van der Waals surface area contributed by atoms with Crippen molar-refractivity contribution >= 4 is 10.5 Å². The van der Waals surface area contributed by atoms with E-state index in [-0.39, 0.29) is 16.9 Å². The fourth-order valence-corrected chi connectivity index (χ4v) is 2.56. The van der Waals surface area contributed by atoms with Crippen molar-refractivity contribution in [3.05, 3.63) is 34.9 Å². The average molecular weight is 261 g/mol. The maximum absolute atomic E-state index is 5.35. The molecule has 0 aliphatic heterocycles. The summed E-state index contributed by atoms with van der Waals surface area (Å²) >= 11 is 0. The van der Waals surface area contributed by atoms with Crippen LogP contribution in [-0.4, -0.2) is 10.5 Å². The van der Waals surface area contributed by atoms with Crippen LogP contribution in [0.5, 0.6) is 0 Å². The van der Waals surface area contributed by atoms with Gasteiger partial charge in [0.1, 0.15) is 0 Å². The summed E-state index contributed by atoms with van der Waals surface area (Å²) < 4.78 is 5.35. The van der Waals surface area contributed by atoms with E-state index in [1.807, 2.05) is 0 Å². The molecule has 0 saturated carbocycles. The fraction of sp³-hybridized carbons (Fsp3) is 0.625. The molecule has 1 nitrogen and oxygen atoms in total. The molecule has 1 rings (SSSR count). The molecule has 0 aliphatic rings. The van der Waals surface area contributed by atoms with Crippen LogP contribution in [0.15, 0.2) is 18.2 Å². The molecular weight excluding hydrogens is 236 g/mol. The van der Waals surface area contributed by atoms with Crippen LogP contribution < -0.4 is 0 Å². The van der Waals surface area contributed by atoms with E-state index in [0.29, 0.717) is 0 Å². The van der Waals surface area contributed by atoms with Gasteiger partial charge in [0.15, 0.2) is 0 Å². The highest BCUT2D eigenvalue weighted by Crippen LogP contribution is 2.38. The lowest BCUT2D eigenvalue weighted by Crippen LogP contribution is -2.24. The van der Waals surface area contributed by atoms with Crippen molar-refractivity contribution in [3.8, 4) is 0 Å². The molecule has 99 valence electrons. The third-order valence-corrected chi connectivity index (χ3v) is 3.62. The predicted molar refractivity (Wildman–Crippen MR) is 79.1 cm³/mol. The monoisotopic (exact) mass is 261 g/mol. The third-order valence-electron chi connectivity index (χ3n) is 3.27. The molecule has 1 atom stereocenters. The lowest BCUT2D eigenvalue weighted by atomic mass is 9.72. The number of benzene rings is 1. The largest absolute Gasteiger partial charge is 0.412 e. The van der Waals surface area contributed by atoms with Gasteiger partial charge < -0.3 is 4.43 Å². The first kappa shape index (κ1) is 15.5. The molecule has 1 aromatic rings. The zero-order valence-electron chi connectivity index (χ0n) is 12.7. The average Bonchev–Trinajstić information content (AvgIpc) is 2.24. The van der Waals surface area contributed by atoms with E-state index in [1.54, 1.807) is 0 Å². The Morgan fingerprint density at radius 1 is 1.00 bits per heavy atom. The van der Waals surface area contributed by atoms with Gasteiger partial charge >= 0.3 is 0 Å². The van der Waals surface area contributed by atoms with E-state index in [1.165, 1.54) is 16.7 Å². The van der Waals surface area contributed by atoms with E-state index in [0.717, 1.165) is 0 Å². The van der Waals surface area contributed by atoms with Crippen LogP contribution in [0.25, 0.3) is 0 Å². The summed E-state index contributed by atoms with van der Waals surface area (Å²) in [6.07, 6.45) is 0.0539. The quantitative estimate of drug-likeness (QED) is 0.715. The maximum Gasteiger partial charge on any atom is 0.247 e. The summed E-state index contributed by atoms with van der Waals surface area (Å²) in [6, 6.07) is 6.54. The van der Waals surface area contributed by atoms with E-state index < -0.39 is 0 Å². The van der Waals surface area contributed by atoms with E-state index >= 15 is 0 Å². The predicted octanol–water partition coefficient (Wildman–Crippen LogP) is 4.44. The minimum Gasteiger partial charge on any atom is -0.412 e. The third kappa shape index (κ3) is 3.24. The summed E-state index contributed by atoms with van der Waals surface area (Å²) in [4.78, 5) is 0. The van der Waals surface area contributed by atoms with Crippen LogP contribution in [0, 0.1) is 0 Å². The normalized spacial score (nSPS) is 14.7. The highest BCUT2D eigenvalue weighted by Gasteiger charge is 2.28. The Morgan fingerprint density at radius 3 is 1.94 bits per heavy atom. The second kappa shape index (κ2) is 5.18. The van der Waals surface area contributed by atoms with E-state index in [2.05, 4.69) is 77.2 Å². The fourth-order valence-electron chi connectivity index (χ4n) is 2.43. The van der Waals surface area contributed by atoms with Gasteiger partial charge in [0.2, 0.25) is 10.5 Å². The molecular formula is C16H25OSi. The molecule has 0 amide bonds. The van der Waals surface area contributed by atoms with Gasteiger partial charge in [-0.05, 0) is 34.4 Å². The standard InChI is InChI=1S/C16H25OSi/c1-11(17-18)12-9-8-10-13(15(2,3)4)14(12)16(5,6)7/h8-11H,1-7H3. The van der Waals surface area contributed by atoms with Crippen LogP contribution in [0.4, 0.5) is 0 Å². The molecule has 0 N–H and O–H groups in total. The highest BCUT2D eigenvalue weighted by molar-refractivity contribution is 5.98. The first-order valence-corrected chi connectivity index (χ1v) is 6.96. The minimum atomic E-state index is 0.0539. The van der Waals surface area contributed by atoms with Gasteiger partial charge in [-0.25, -0.2) is 0 Å². The van der Waals surface area contributed by atoms with Crippen LogP contribution in [0.3, 0.4) is 0 Å². The van der Waals surface area contributed by atoms with Crippen molar-refractivity contribution in [3.63, 3.8) is 0 Å². The van der Waals surface area contributed by atoms with Crippen LogP contribution >= 0.6 is 0 Å². The topological polar surface area (TPSA) is 9.23 Å². The SMILES string of the molecule is CC(O[Si])c1cccc(C(C)(C)C)c1C(C)(C)C. The van der Waals surface area contributed by atoms with Crippen molar-refractivity contribution in [2.24, 2.45) is 0 Å². The number of rotatable bonds is 2. The molecule has 0 bridgehead atoms. The van der Waals surface area contributed by atoms with Gasteiger partial charge in [-0.2, -0.15) is 0 Å². The summed E-state index contributed by atoms with van der Waals surface area (Å²) in [5.74, 6) is 0. The van der Waals surface area contributed by atoms with Gasteiger partial charge in [0.25, 0.3) is 0 Å². The first-order valence-electron chi connectivity index (χ1n) is 6.55. The second-order valence-electron chi connectivity index (χ2n) is 7.03. The van der Waals surface area contributed by atoms with Crippen LogP contribution in [-0.2, 0) is 15.3 Å².